The van der Waals surface area contributed by atoms with E-state index in [1.165, 1.54) is 0 Å². The molecule has 0 unspecified atom stereocenters. The van der Waals surface area contributed by atoms with Gasteiger partial charge in [-0.05, 0) is 54.8 Å². The topological polar surface area (TPSA) is 71.4 Å². The van der Waals surface area contributed by atoms with Gasteiger partial charge in [0.1, 0.15) is 0 Å². The largest absolute Gasteiger partial charge is 0.339 e. The molecule has 30 heavy (non-hydrogen) atoms. The molecule has 156 valence electrons. The lowest BCUT2D eigenvalue weighted by atomic mass is 10.1. The summed E-state index contributed by atoms with van der Waals surface area (Å²) in [6.07, 6.45) is 4.79. The quantitative estimate of drug-likeness (QED) is 0.662. The Hall–Kier alpha value is -2.90. The number of likely N-dealkylation sites (tertiary alicyclic amines) is 1. The zero-order valence-electron chi connectivity index (χ0n) is 16.6. The predicted molar refractivity (Wildman–Crippen MR) is 117 cm³/mol. The first-order valence-corrected chi connectivity index (χ1v) is 11.6. The van der Waals surface area contributed by atoms with Crippen molar-refractivity contribution in [2.45, 2.75) is 24.6 Å². The van der Waals surface area contributed by atoms with Gasteiger partial charge in [-0.3, -0.25) is 4.79 Å². The average Bonchev–Trinajstić information content (AvgIpc) is 3.33. The smallest absolute Gasteiger partial charge is 0.253 e. The number of hydrogen-bond donors (Lipinski definition) is 1. The molecular weight excluding hydrogens is 398 g/mol. The molecule has 0 spiro atoms. The van der Waals surface area contributed by atoms with E-state index in [9.17, 15) is 13.2 Å². The molecule has 2 heterocycles. The van der Waals surface area contributed by atoms with Crippen molar-refractivity contribution in [1.82, 2.24) is 14.2 Å². The lowest BCUT2D eigenvalue weighted by Crippen LogP contribution is -2.45. The molecular formula is C23H25N3O3S. The van der Waals surface area contributed by atoms with Crippen molar-refractivity contribution >= 4 is 15.9 Å². The number of hydrogen-bond acceptors (Lipinski definition) is 3. The molecule has 1 amide bonds. The van der Waals surface area contributed by atoms with E-state index >= 15 is 0 Å². The molecule has 2 aromatic carbocycles. The SMILES string of the molecule is O=C(c1ccc(-n2cccc2)cc1)N1CCC(S(=O)(=O)NCc2ccccc2)CC1. The van der Waals surface area contributed by atoms with E-state index in [2.05, 4.69) is 4.72 Å². The van der Waals surface area contributed by atoms with Crippen LogP contribution in [0.2, 0.25) is 0 Å². The molecule has 0 saturated carbocycles. The molecule has 1 saturated heterocycles. The van der Waals surface area contributed by atoms with E-state index in [4.69, 9.17) is 0 Å². The Morgan fingerprint density at radius 2 is 1.53 bits per heavy atom. The summed E-state index contributed by atoms with van der Waals surface area (Å²) < 4.78 is 30.0. The van der Waals surface area contributed by atoms with Gasteiger partial charge < -0.3 is 9.47 Å². The molecule has 6 nitrogen and oxygen atoms in total. The van der Waals surface area contributed by atoms with Crippen LogP contribution < -0.4 is 4.72 Å². The van der Waals surface area contributed by atoms with Crippen molar-refractivity contribution in [2.24, 2.45) is 0 Å². The number of carbonyl (C=O) groups is 1. The predicted octanol–water partition coefficient (Wildman–Crippen LogP) is 3.20. The molecule has 1 N–H and O–H groups in total. The minimum Gasteiger partial charge on any atom is -0.339 e. The molecule has 1 aliphatic rings. The highest BCUT2D eigenvalue weighted by molar-refractivity contribution is 7.90. The minimum absolute atomic E-state index is 0.0536. The minimum atomic E-state index is -3.42. The van der Waals surface area contributed by atoms with Crippen LogP contribution in [0.4, 0.5) is 0 Å². The molecule has 0 radical (unpaired) electrons. The summed E-state index contributed by atoms with van der Waals surface area (Å²) >= 11 is 0. The third kappa shape index (κ3) is 4.63. The highest BCUT2D eigenvalue weighted by Crippen LogP contribution is 2.20. The highest BCUT2D eigenvalue weighted by atomic mass is 32.2. The molecule has 1 fully saturated rings. The average molecular weight is 424 g/mol. The van der Waals surface area contributed by atoms with E-state index < -0.39 is 15.3 Å². The van der Waals surface area contributed by atoms with Crippen LogP contribution in [-0.2, 0) is 16.6 Å². The molecule has 0 bridgehead atoms. The number of benzene rings is 2. The van der Waals surface area contributed by atoms with E-state index in [1.807, 2.05) is 83.7 Å². The Balaban J connectivity index is 1.33. The maximum absolute atomic E-state index is 12.8. The van der Waals surface area contributed by atoms with Crippen LogP contribution >= 0.6 is 0 Å². The Morgan fingerprint density at radius 1 is 0.900 bits per heavy atom. The van der Waals surface area contributed by atoms with Crippen LogP contribution in [0, 0.1) is 0 Å². The third-order valence-corrected chi connectivity index (χ3v) is 7.40. The number of nitrogens with one attached hydrogen (secondary N) is 1. The number of sulfonamides is 1. The normalized spacial score (nSPS) is 15.3. The molecule has 0 atom stereocenters. The number of carbonyl (C=O) groups excluding carboxylic acids is 1. The molecule has 1 aliphatic heterocycles. The van der Waals surface area contributed by atoms with Gasteiger partial charge in [0.25, 0.3) is 5.91 Å². The zero-order valence-corrected chi connectivity index (χ0v) is 17.5. The number of aromatic nitrogens is 1. The fourth-order valence-corrected chi connectivity index (χ4v) is 5.17. The lowest BCUT2D eigenvalue weighted by molar-refractivity contribution is 0.0725. The maximum atomic E-state index is 12.8. The second kappa shape index (κ2) is 8.85. The molecule has 4 rings (SSSR count). The summed E-state index contributed by atoms with van der Waals surface area (Å²) in [5.74, 6) is -0.0536. The standard InChI is InChI=1S/C23H25N3O3S/c27-23(20-8-10-21(11-9-20)25-14-4-5-15-25)26-16-12-22(13-17-26)30(28,29)24-18-19-6-2-1-3-7-19/h1-11,14-15,22,24H,12-13,16-18H2. The summed E-state index contributed by atoms with van der Waals surface area (Å²) in [6.45, 7) is 1.17. The fraction of sp³-hybridized carbons (Fsp3) is 0.261. The molecule has 3 aromatic rings. The number of piperidine rings is 1. The highest BCUT2D eigenvalue weighted by Gasteiger charge is 2.31. The summed E-state index contributed by atoms with van der Waals surface area (Å²) in [5, 5.41) is -0.471. The first-order chi connectivity index (χ1) is 14.5. The maximum Gasteiger partial charge on any atom is 0.253 e. The second-order valence-corrected chi connectivity index (χ2v) is 9.53. The second-order valence-electron chi connectivity index (χ2n) is 7.48. The lowest BCUT2D eigenvalue weighted by Gasteiger charge is -2.31. The van der Waals surface area contributed by atoms with E-state index in [0.717, 1.165) is 11.3 Å². The summed E-state index contributed by atoms with van der Waals surface area (Å²) in [7, 11) is -3.42. The Morgan fingerprint density at radius 3 is 2.17 bits per heavy atom. The summed E-state index contributed by atoms with van der Waals surface area (Å²) in [4.78, 5) is 14.6. The molecule has 0 aliphatic carbocycles. The van der Waals surface area contributed by atoms with Crippen molar-refractivity contribution in [3.8, 4) is 5.69 Å². The number of amides is 1. The van der Waals surface area contributed by atoms with Gasteiger partial charge in [0, 0.05) is 43.3 Å². The van der Waals surface area contributed by atoms with Gasteiger partial charge in [-0.25, -0.2) is 13.1 Å². The Labute approximate surface area is 177 Å². The number of nitrogens with zero attached hydrogens (tertiary/aromatic N) is 2. The van der Waals surface area contributed by atoms with Crippen LogP contribution in [0.3, 0.4) is 0 Å². The van der Waals surface area contributed by atoms with Crippen molar-refractivity contribution in [3.63, 3.8) is 0 Å². The van der Waals surface area contributed by atoms with Crippen molar-refractivity contribution in [2.75, 3.05) is 13.1 Å². The number of rotatable bonds is 6. The van der Waals surface area contributed by atoms with Gasteiger partial charge in [-0.2, -0.15) is 0 Å². The summed E-state index contributed by atoms with van der Waals surface area (Å²) in [5.41, 5.74) is 2.54. The van der Waals surface area contributed by atoms with Crippen LogP contribution in [0.25, 0.3) is 5.69 Å². The summed E-state index contributed by atoms with van der Waals surface area (Å²) in [6, 6.07) is 20.8. The van der Waals surface area contributed by atoms with Crippen molar-refractivity contribution in [1.29, 1.82) is 0 Å². The first-order valence-electron chi connectivity index (χ1n) is 10.1. The first kappa shape index (κ1) is 20.4. The molecule has 7 heteroatoms. The van der Waals surface area contributed by atoms with E-state index in [1.54, 1.807) is 4.90 Å². The third-order valence-electron chi connectivity index (χ3n) is 5.51. The van der Waals surface area contributed by atoms with Crippen LogP contribution in [0.1, 0.15) is 28.8 Å². The monoisotopic (exact) mass is 423 g/mol. The fourth-order valence-electron chi connectivity index (χ4n) is 3.73. The van der Waals surface area contributed by atoms with E-state index in [-0.39, 0.29) is 12.5 Å². The van der Waals surface area contributed by atoms with Gasteiger partial charge in [-0.15, -0.1) is 0 Å². The Kier molecular flexibility index (Phi) is 6.01. The van der Waals surface area contributed by atoms with Gasteiger partial charge in [-0.1, -0.05) is 30.3 Å². The van der Waals surface area contributed by atoms with Gasteiger partial charge in [0.05, 0.1) is 5.25 Å². The van der Waals surface area contributed by atoms with Crippen LogP contribution in [0.15, 0.2) is 79.1 Å². The van der Waals surface area contributed by atoms with Gasteiger partial charge in [0.2, 0.25) is 10.0 Å². The van der Waals surface area contributed by atoms with Crippen LogP contribution in [-0.4, -0.2) is 42.1 Å². The van der Waals surface area contributed by atoms with Gasteiger partial charge in [0.15, 0.2) is 0 Å². The molecule has 1 aromatic heterocycles. The van der Waals surface area contributed by atoms with Crippen molar-refractivity contribution in [3.05, 3.63) is 90.3 Å². The zero-order chi connectivity index (χ0) is 21.0. The van der Waals surface area contributed by atoms with Gasteiger partial charge >= 0.3 is 0 Å². The van der Waals surface area contributed by atoms with E-state index in [0.29, 0.717) is 31.5 Å². The van der Waals surface area contributed by atoms with Crippen molar-refractivity contribution < 1.29 is 13.2 Å². The van der Waals surface area contributed by atoms with Crippen LogP contribution in [0.5, 0.6) is 0 Å². The Bertz CT molecular complexity index is 1070.